The van der Waals surface area contributed by atoms with E-state index in [9.17, 15) is 9.90 Å². The Bertz CT molecular complexity index is 480. The van der Waals surface area contributed by atoms with Crippen molar-refractivity contribution in [3.05, 3.63) is 18.2 Å². The normalized spacial score (nSPS) is 23.6. The fraction of sp³-hybridized carbons (Fsp3) is 0.750. The van der Waals surface area contributed by atoms with Crippen molar-refractivity contribution in [2.24, 2.45) is 5.41 Å². The van der Waals surface area contributed by atoms with Crippen molar-refractivity contribution >= 4 is 5.97 Å². The summed E-state index contributed by atoms with van der Waals surface area (Å²) in [5.74, 6) is -0.633. The molecule has 2 rings (SSSR count). The number of hydrogen-bond donors (Lipinski definition) is 1. The predicted molar refractivity (Wildman–Crippen MR) is 82.1 cm³/mol. The van der Waals surface area contributed by atoms with Gasteiger partial charge in [-0.15, -0.1) is 0 Å². The Balaban J connectivity index is 2.10. The van der Waals surface area contributed by atoms with Crippen molar-refractivity contribution in [1.29, 1.82) is 0 Å². The van der Waals surface area contributed by atoms with E-state index in [0.717, 1.165) is 38.8 Å². The van der Waals surface area contributed by atoms with Crippen molar-refractivity contribution in [3.8, 4) is 0 Å². The van der Waals surface area contributed by atoms with E-state index in [2.05, 4.69) is 35.2 Å². The van der Waals surface area contributed by atoms with E-state index in [1.807, 2.05) is 12.5 Å². The molecule has 5 nitrogen and oxygen atoms in total. The topological polar surface area (TPSA) is 58.4 Å². The molecule has 0 spiro atoms. The maximum absolute atomic E-state index is 11.7. The molecule has 2 heterocycles. The second kappa shape index (κ2) is 6.60. The molecule has 0 bridgehead atoms. The van der Waals surface area contributed by atoms with Gasteiger partial charge in [-0.1, -0.05) is 13.3 Å². The number of likely N-dealkylation sites (tertiary alicyclic amines) is 1. The number of aliphatic carboxylic acids is 1. The number of hydrogen-bond acceptors (Lipinski definition) is 3. The first-order valence-corrected chi connectivity index (χ1v) is 7.95. The number of nitrogens with zero attached hydrogens (tertiary/aromatic N) is 3. The van der Waals surface area contributed by atoms with Crippen LogP contribution >= 0.6 is 0 Å². The molecule has 118 valence electrons. The van der Waals surface area contributed by atoms with Crippen molar-refractivity contribution < 1.29 is 9.90 Å². The van der Waals surface area contributed by atoms with Gasteiger partial charge in [0, 0.05) is 25.3 Å². The summed E-state index contributed by atoms with van der Waals surface area (Å²) in [6.07, 6.45) is 7.21. The van der Waals surface area contributed by atoms with E-state index < -0.39 is 11.4 Å². The zero-order valence-electron chi connectivity index (χ0n) is 13.4. The Morgan fingerprint density at radius 3 is 2.90 bits per heavy atom. The van der Waals surface area contributed by atoms with Crippen LogP contribution in [0, 0.1) is 5.41 Å². The Kier molecular flexibility index (Phi) is 5.04. The minimum Gasteiger partial charge on any atom is -0.481 e. The minimum absolute atomic E-state index is 0.382. The highest BCUT2D eigenvalue weighted by molar-refractivity contribution is 5.75. The molecule has 1 aromatic heterocycles. The van der Waals surface area contributed by atoms with Gasteiger partial charge < -0.3 is 9.67 Å². The molecule has 21 heavy (non-hydrogen) atoms. The average molecular weight is 293 g/mol. The first-order chi connectivity index (χ1) is 9.98. The molecule has 1 saturated heterocycles. The highest BCUT2D eigenvalue weighted by Crippen LogP contribution is 2.35. The summed E-state index contributed by atoms with van der Waals surface area (Å²) in [6, 6.07) is 0.382. The molecule has 0 radical (unpaired) electrons. The van der Waals surface area contributed by atoms with Crippen LogP contribution in [0.2, 0.25) is 0 Å². The van der Waals surface area contributed by atoms with Crippen molar-refractivity contribution in [3.63, 3.8) is 0 Å². The highest BCUT2D eigenvalue weighted by atomic mass is 16.4. The molecule has 1 atom stereocenters. The van der Waals surface area contributed by atoms with Crippen LogP contribution in [-0.2, 0) is 11.3 Å². The van der Waals surface area contributed by atoms with Gasteiger partial charge in [0.05, 0.1) is 17.4 Å². The number of carboxylic acids is 1. The number of carboxylic acid groups (broad SMARTS) is 1. The predicted octanol–water partition coefficient (Wildman–Crippen LogP) is 2.93. The second-order valence-electron chi connectivity index (χ2n) is 6.54. The van der Waals surface area contributed by atoms with Gasteiger partial charge in [-0.05, 0) is 39.7 Å². The van der Waals surface area contributed by atoms with Crippen LogP contribution in [0.5, 0.6) is 0 Å². The summed E-state index contributed by atoms with van der Waals surface area (Å²) in [4.78, 5) is 18.3. The van der Waals surface area contributed by atoms with Gasteiger partial charge in [0.2, 0.25) is 0 Å². The van der Waals surface area contributed by atoms with Gasteiger partial charge >= 0.3 is 5.97 Å². The molecular formula is C16H27N3O2. The van der Waals surface area contributed by atoms with Crippen LogP contribution in [0.3, 0.4) is 0 Å². The second-order valence-corrected chi connectivity index (χ2v) is 6.54. The Morgan fingerprint density at radius 2 is 2.29 bits per heavy atom. The smallest absolute Gasteiger partial charge is 0.310 e. The van der Waals surface area contributed by atoms with Crippen molar-refractivity contribution in [1.82, 2.24) is 14.5 Å². The number of rotatable bonds is 6. The van der Waals surface area contributed by atoms with Gasteiger partial charge in [0.15, 0.2) is 0 Å². The van der Waals surface area contributed by atoms with Crippen LogP contribution in [-0.4, -0.2) is 38.6 Å². The molecule has 5 heteroatoms. The summed E-state index contributed by atoms with van der Waals surface area (Å²) >= 11 is 0. The van der Waals surface area contributed by atoms with Crippen LogP contribution in [0.4, 0.5) is 0 Å². The van der Waals surface area contributed by atoms with Gasteiger partial charge in [-0.2, -0.15) is 0 Å². The molecule has 1 aliphatic heterocycles. The first kappa shape index (κ1) is 16.0. The number of imidazole rings is 1. The number of piperidine rings is 1. The van der Waals surface area contributed by atoms with Gasteiger partial charge in [0.25, 0.3) is 0 Å². The Hall–Kier alpha value is -1.36. The molecule has 0 saturated carbocycles. The highest BCUT2D eigenvalue weighted by Gasteiger charge is 2.41. The van der Waals surface area contributed by atoms with Crippen LogP contribution in [0.25, 0.3) is 0 Å². The molecular weight excluding hydrogens is 266 g/mol. The third kappa shape index (κ3) is 3.46. The Morgan fingerprint density at radius 1 is 1.52 bits per heavy atom. The lowest BCUT2D eigenvalue weighted by Gasteiger charge is -2.40. The number of aromatic nitrogens is 2. The SMILES string of the molecule is CCCC1(C(=O)O)CCCN(Cc2cncn2C(C)C)C1. The molecule has 0 aliphatic carbocycles. The third-order valence-electron chi connectivity index (χ3n) is 4.53. The average Bonchev–Trinajstić information content (AvgIpc) is 2.87. The lowest BCUT2D eigenvalue weighted by molar-refractivity contribution is -0.153. The molecule has 1 fully saturated rings. The van der Waals surface area contributed by atoms with E-state index in [0.29, 0.717) is 12.6 Å². The Labute approximate surface area is 127 Å². The largest absolute Gasteiger partial charge is 0.481 e. The van der Waals surface area contributed by atoms with E-state index >= 15 is 0 Å². The van der Waals surface area contributed by atoms with Gasteiger partial charge in [-0.25, -0.2) is 4.98 Å². The van der Waals surface area contributed by atoms with Gasteiger partial charge in [-0.3, -0.25) is 9.69 Å². The lowest BCUT2D eigenvalue weighted by Crippen LogP contribution is -2.47. The third-order valence-corrected chi connectivity index (χ3v) is 4.53. The molecule has 0 amide bonds. The zero-order chi connectivity index (χ0) is 15.5. The van der Waals surface area contributed by atoms with E-state index in [4.69, 9.17) is 0 Å². The first-order valence-electron chi connectivity index (χ1n) is 7.95. The van der Waals surface area contributed by atoms with Crippen molar-refractivity contribution in [2.75, 3.05) is 13.1 Å². The maximum Gasteiger partial charge on any atom is 0.310 e. The molecule has 1 aliphatic rings. The quantitative estimate of drug-likeness (QED) is 0.876. The maximum atomic E-state index is 11.7. The van der Waals surface area contributed by atoms with E-state index in [1.165, 1.54) is 5.69 Å². The molecule has 0 aromatic carbocycles. The summed E-state index contributed by atoms with van der Waals surface area (Å²) in [5, 5.41) is 9.66. The monoisotopic (exact) mass is 293 g/mol. The van der Waals surface area contributed by atoms with Crippen LogP contribution < -0.4 is 0 Å². The number of carbonyl (C=O) groups is 1. The van der Waals surface area contributed by atoms with E-state index in [1.54, 1.807) is 0 Å². The van der Waals surface area contributed by atoms with Crippen molar-refractivity contribution in [2.45, 2.75) is 59.0 Å². The van der Waals surface area contributed by atoms with Gasteiger partial charge in [0.1, 0.15) is 0 Å². The minimum atomic E-state index is -0.633. The standard InChI is InChI=1S/C16H27N3O2/c1-4-6-16(15(20)21)7-5-8-18(11-16)10-14-9-17-12-19(14)13(2)3/h9,12-13H,4-8,10-11H2,1-3H3,(H,20,21). The van der Waals surface area contributed by atoms with Crippen LogP contribution in [0.15, 0.2) is 12.5 Å². The van der Waals surface area contributed by atoms with Crippen LogP contribution in [0.1, 0.15) is 58.2 Å². The summed E-state index contributed by atoms with van der Waals surface area (Å²) in [6.45, 7) is 8.76. The lowest BCUT2D eigenvalue weighted by atomic mass is 9.76. The molecule has 1 N–H and O–H groups in total. The fourth-order valence-corrected chi connectivity index (χ4v) is 3.47. The van der Waals surface area contributed by atoms with E-state index in [-0.39, 0.29) is 0 Å². The molecule has 1 aromatic rings. The molecule has 1 unspecified atom stereocenters. The summed E-state index contributed by atoms with van der Waals surface area (Å²) in [7, 11) is 0. The summed E-state index contributed by atoms with van der Waals surface area (Å²) < 4.78 is 2.16. The fourth-order valence-electron chi connectivity index (χ4n) is 3.47. The zero-order valence-corrected chi connectivity index (χ0v) is 13.4. The summed E-state index contributed by atoms with van der Waals surface area (Å²) in [5.41, 5.74) is 0.609.